The number of hydrogen-bond acceptors (Lipinski definition) is 2. The van der Waals surface area contributed by atoms with E-state index >= 15 is 0 Å². The van der Waals surface area contributed by atoms with Crippen LogP contribution in [0.2, 0.25) is 10.0 Å². The number of fused-ring (bicyclic) bond motifs is 1. The van der Waals surface area contributed by atoms with Gasteiger partial charge in [0.05, 0.1) is 22.3 Å². The van der Waals surface area contributed by atoms with E-state index < -0.39 is 0 Å². The van der Waals surface area contributed by atoms with Crippen molar-refractivity contribution in [2.75, 3.05) is 13.1 Å². The van der Waals surface area contributed by atoms with Gasteiger partial charge in [0.25, 0.3) is 0 Å². The van der Waals surface area contributed by atoms with Crippen LogP contribution in [0, 0.1) is 5.41 Å². The molecule has 0 spiro atoms. The largest absolute Gasteiger partial charge is 0.369 e. The van der Waals surface area contributed by atoms with Crippen molar-refractivity contribution in [3.8, 4) is 0 Å². The number of hydrogen-bond donors (Lipinski definition) is 1. The van der Waals surface area contributed by atoms with E-state index in [1.807, 2.05) is 6.07 Å². The van der Waals surface area contributed by atoms with E-state index in [1.165, 1.54) is 18.4 Å². The van der Waals surface area contributed by atoms with Crippen molar-refractivity contribution in [1.82, 2.24) is 5.32 Å². The third kappa shape index (κ3) is 1.65. The number of piperidine rings is 1. The Balaban J connectivity index is 1.70. The molecule has 2 nitrogen and oxygen atoms in total. The van der Waals surface area contributed by atoms with Crippen molar-refractivity contribution >= 4 is 23.2 Å². The van der Waals surface area contributed by atoms with Crippen LogP contribution < -0.4 is 5.32 Å². The predicted octanol–water partition coefficient (Wildman–Crippen LogP) is 3.79. The van der Waals surface area contributed by atoms with Crippen LogP contribution in [0.5, 0.6) is 0 Å². The molecule has 108 valence electrons. The van der Waals surface area contributed by atoms with Crippen LogP contribution in [-0.2, 0) is 10.2 Å². The maximum absolute atomic E-state index is 6.23. The summed E-state index contributed by atoms with van der Waals surface area (Å²) in [4.78, 5) is 0. The van der Waals surface area contributed by atoms with Crippen LogP contribution in [0.4, 0.5) is 0 Å². The third-order valence-electron chi connectivity index (χ3n) is 5.62. The summed E-state index contributed by atoms with van der Waals surface area (Å²) in [5, 5.41) is 4.87. The van der Waals surface area contributed by atoms with Gasteiger partial charge in [0.15, 0.2) is 0 Å². The Kier molecular flexibility index (Phi) is 2.92. The number of nitrogens with one attached hydrogen (secondary N) is 1. The molecule has 0 radical (unpaired) electrons. The fourth-order valence-electron chi connectivity index (χ4n) is 4.42. The van der Waals surface area contributed by atoms with E-state index in [4.69, 9.17) is 27.9 Å². The Morgan fingerprint density at radius 1 is 1.35 bits per heavy atom. The summed E-state index contributed by atoms with van der Waals surface area (Å²) in [6.07, 6.45) is 4.38. The first-order valence-corrected chi connectivity index (χ1v) is 8.20. The first kappa shape index (κ1) is 13.4. The van der Waals surface area contributed by atoms with Gasteiger partial charge < -0.3 is 10.1 Å². The molecule has 1 aliphatic carbocycles. The maximum atomic E-state index is 6.23. The lowest BCUT2D eigenvalue weighted by Gasteiger charge is -2.31. The van der Waals surface area contributed by atoms with Crippen LogP contribution in [-0.4, -0.2) is 25.3 Å². The Hall–Kier alpha value is -0.280. The zero-order valence-electron chi connectivity index (χ0n) is 11.6. The smallest absolute Gasteiger partial charge is 0.0918 e. The van der Waals surface area contributed by atoms with Crippen LogP contribution in [0.15, 0.2) is 18.2 Å². The van der Waals surface area contributed by atoms with Crippen LogP contribution in [0.3, 0.4) is 0 Å². The summed E-state index contributed by atoms with van der Waals surface area (Å²) in [5.41, 5.74) is 1.88. The number of benzene rings is 1. The molecule has 1 aromatic rings. The van der Waals surface area contributed by atoms with E-state index in [9.17, 15) is 0 Å². The summed E-state index contributed by atoms with van der Waals surface area (Å²) < 4.78 is 5.95. The summed E-state index contributed by atoms with van der Waals surface area (Å²) in [5.74, 6) is 0. The van der Waals surface area contributed by atoms with Gasteiger partial charge in [-0.2, -0.15) is 0 Å². The SMILES string of the molecule is CCC1OC1C12CNCCC1(c1ccc(Cl)c(Cl)c1)C2. The molecule has 2 aliphatic heterocycles. The average Bonchev–Trinajstić information content (AvgIpc) is 3.34. The molecule has 2 saturated heterocycles. The van der Waals surface area contributed by atoms with Crippen molar-refractivity contribution in [2.45, 2.75) is 43.8 Å². The van der Waals surface area contributed by atoms with Gasteiger partial charge in [-0.25, -0.2) is 0 Å². The second-order valence-corrected chi connectivity index (χ2v) is 7.29. The lowest BCUT2D eigenvalue weighted by Crippen LogP contribution is -2.42. The molecule has 4 atom stereocenters. The quantitative estimate of drug-likeness (QED) is 0.859. The van der Waals surface area contributed by atoms with Gasteiger partial charge in [-0.1, -0.05) is 36.2 Å². The van der Waals surface area contributed by atoms with Crippen molar-refractivity contribution in [2.24, 2.45) is 5.41 Å². The van der Waals surface area contributed by atoms with Crippen LogP contribution >= 0.6 is 23.2 Å². The highest BCUT2D eigenvalue weighted by Crippen LogP contribution is 2.73. The van der Waals surface area contributed by atoms with Gasteiger partial charge in [0, 0.05) is 17.4 Å². The van der Waals surface area contributed by atoms with E-state index in [0.717, 1.165) is 19.5 Å². The monoisotopic (exact) mass is 311 g/mol. The molecule has 20 heavy (non-hydrogen) atoms. The molecule has 4 heteroatoms. The number of halogens is 2. The van der Waals surface area contributed by atoms with E-state index in [2.05, 4.69) is 24.4 Å². The number of ether oxygens (including phenoxy) is 1. The van der Waals surface area contributed by atoms with Crippen molar-refractivity contribution in [3.63, 3.8) is 0 Å². The molecule has 3 fully saturated rings. The molecule has 1 saturated carbocycles. The fraction of sp³-hybridized carbons (Fsp3) is 0.625. The molecule has 1 N–H and O–H groups in total. The summed E-state index contributed by atoms with van der Waals surface area (Å²) in [6.45, 7) is 4.35. The number of rotatable bonds is 3. The third-order valence-corrected chi connectivity index (χ3v) is 6.35. The first-order chi connectivity index (χ1) is 9.63. The minimum Gasteiger partial charge on any atom is -0.369 e. The molecule has 4 rings (SSSR count). The average molecular weight is 312 g/mol. The molecule has 0 bridgehead atoms. The van der Waals surface area contributed by atoms with Gasteiger partial charge in [0.1, 0.15) is 0 Å². The second-order valence-electron chi connectivity index (χ2n) is 6.47. The molecular formula is C16H19Cl2NO. The molecular weight excluding hydrogens is 293 g/mol. The standard InChI is InChI=1S/C16H19Cl2NO/c1-2-13-14(20-13)16-8-15(16,5-6-19-9-16)10-3-4-11(17)12(18)7-10/h3-4,7,13-14,19H,2,5-6,8-9H2,1H3. The lowest BCUT2D eigenvalue weighted by molar-refractivity contribution is 0.238. The molecule has 1 aromatic carbocycles. The topological polar surface area (TPSA) is 24.6 Å². The van der Waals surface area contributed by atoms with Gasteiger partial charge in [0.2, 0.25) is 0 Å². The highest BCUT2D eigenvalue weighted by molar-refractivity contribution is 6.42. The Labute approximate surface area is 129 Å². The van der Waals surface area contributed by atoms with Crippen molar-refractivity contribution in [1.29, 1.82) is 0 Å². The Morgan fingerprint density at radius 2 is 2.20 bits per heavy atom. The predicted molar refractivity (Wildman–Crippen MR) is 81.6 cm³/mol. The number of epoxide rings is 1. The van der Waals surface area contributed by atoms with Gasteiger partial charge in [-0.3, -0.25) is 0 Å². The Bertz CT molecular complexity index is 563. The Morgan fingerprint density at radius 3 is 2.90 bits per heavy atom. The molecule has 2 heterocycles. The summed E-state index contributed by atoms with van der Waals surface area (Å²) in [6, 6.07) is 6.16. The maximum Gasteiger partial charge on any atom is 0.0918 e. The van der Waals surface area contributed by atoms with E-state index in [0.29, 0.717) is 22.3 Å². The van der Waals surface area contributed by atoms with Gasteiger partial charge in [-0.15, -0.1) is 0 Å². The summed E-state index contributed by atoms with van der Waals surface area (Å²) in [7, 11) is 0. The lowest BCUT2D eigenvalue weighted by atomic mass is 9.78. The normalized spacial score (nSPS) is 42.1. The van der Waals surface area contributed by atoms with E-state index in [1.54, 1.807) is 0 Å². The fourth-order valence-corrected chi connectivity index (χ4v) is 4.72. The van der Waals surface area contributed by atoms with Crippen LogP contribution in [0.25, 0.3) is 0 Å². The minimum absolute atomic E-state index is 0.251. The zero-order chi connectivity index (χ0) is 14.0. The minimum atomic E-state index is 0.251. The molecule has 4 unspecified atom stereocenters. The highest BCUT2D eigenvalue weighted by Gasteiger charge is 2.76. The van der Waals surface area contributed by atoms with Gasteiger partial charge >= 0.3 is 0 Å². The second kappa shape index (κ2) is 4.36. The zero-order valence-corrected chi connectivity index (χ0v) is 13.1. The molecule has 3 aliphatic rings. The van der Waals surface area contributed by atoms with Crippen LogP contribution in [0.1, 0.15) is 31.7 Å². The highest BCUT2D eigenvalue weighted by atomic mass is 35.5. The molecule has 0 aromatic heterocycles. The van der Waals surface area contributed by atoms with Crippen molar-refractivity contribution < 1.29 is 4.74 Å². The van der Waals surface area contributed by atoms with E-state index in [-0.39, 0.29) is 10.8 Å². The first-order valence-electron chi connectivity index (χ1n) is 7.45. The van der Waals surface area contributed by atoms with Crippen molar-refractivity contribution in [3.05, 3.63) is 33.8 Å². The van der Waals surface area contributed by atoms with Gasteiger partial charge in [-0.05, 0) is 43.5 Å². The summed E-state index contributed by atoms with van der Waals surface area (Å²) >= 11 is 12.3. The molecule has 0 amide bonds.